The summed E-state index contributed by atoms with van der Waals surface area (Å²) in [5.41, 5.74) is 0. The highest BCUT2D eigenvalue weighted by molar-refractivity contribution is 5.94. The lowest BCUT2D eigenvalue weighted by Crippen LogP contribution is -2.63. The smallest absolute Gasteiger partial charge is 0.234 e. The van der Waals surface area contributed by atoms with Gasteiger partial charge >= 0.3 is 0 Å². The number of hydrogen-bond donors (Lipinski definition) is 4. The summed E-state index contributed by atoms with van der Waals surface area (Å²) in [5, 5.41) is 18.0. The molecule has 88 valence electrons. The van der Waals surface area contributed by atoms with Gasteiger partial charge in [0.2, 0.25) is 5.91 Å². The van der Waals surface area contributed by atoms with Gasteiger partial charge in [0.15, 0.2) is 5.85 Å². The van der Waals surface area contributed by atoms with E-state index in [2.05, 4.69) is 20.9 Å². The molecule has 15 heavy (non-hydrogen) atoms. The van der Waals surface area contributed by atoms with Crippen molar-refractivity contribution >= 4 is 12.1 Å². The summed E-state index contributed by atoms with van der Waals surface area (Å²) >= 11 is 0. The third kappa shape index (κ3) is 3.58. The summed E-state index contributed by atoms with van der Waals surface area (Å²) in [6.07, 6.45) is 1.40. The van der Waals surface area contributed by atoms with Crippen molar-refractivity contribution in [2.24, 2.45) is 10.9 Å². The highest BCUT2D eigenvalue weighted by Crippen LogP contribution is 2.09. The lowest BCUT2D eigenvalue weighted by atomic mass is 10.0. The Bertz CT molecular complexity index is 226. The van der Waals surface area contributed by atoms with E-state index in [1.165, 1.54) is 6.21 Å². The van der Waals surface area contributed by atoms with Crippen molar-refractivity contribution in [2.75, 3.05) is 27.7 Å². The molecule has 1 atom stereocenters. The molecule has 6 nitrogen and oxygen atoms in total. The van der Waals surface area contributed by atoms with Gasteiger partial charge in [-0.3, -0.25) is 20.4 Å². The Morgan fingerprint density at radius 3 is 2.40 bits per heavy atom. The predicted octanol–water partition coefficient (Wildman–Crippen LogP) is -1.48. The first-order chi connectivity index (χ1) is 7.05. The number of hydrogen-bond acceptors (Lipinski definition) is 5. The molecule has 1 unspecified atom stereocenters. The quantitative estimate of drug-likeness (QED) is 0.322. The van der Waals surface area contributed by atoms with Crippen molar-refractivity contribution in [1.82, 2.24) is 16.0 Å². The third-order valence-corrected chi connectivity index (χ3v) is 2.14. The van der Waals surface area contributed by atoms with Gasteiger partial charge in [0.05, 0.1) is 0 Å². The number of carbonyl (C=O) groups is 1. The summed E-state index contributed by atoms with van der Waals surface area (Å²) in [5.74, 6) is -2.55. The second-order valence-corrected chi connectivity index (χ2v) is 3.05. The fraction of sp³-hybridized carbons (Fsp3) is 0.778. The molecule has 0 saturated carbocycles. The number of carbonyl (C=O) groups excluding carboxylic acids is 1. The van der Waals surface area contributed by atoms with E-state index in [0.717, 1.165) is 0 Å². The molecule has 0 aromatic heterocycles. The van der Waals surface area contributed by atoms with Crippen LogP contribution in [0.1, 0.15) is 6.92 Å². The molecule has 1 amide bonds. The first kappa shape index (κ1) is 14.0. The van der Waals surface area contributed by atoms with Crippen LogP contribution >= 0.6 is 0 Å². The summed E-state index contributed by atoms with van der Waals surface area (Å²) in [4.78, 5) is 15.4. The molecule has 0 aliphatic rings. The molecule has 0 rings (SSSR count). The minimum absolute atomic E-state index is 0.283. The Hall–Kier alpha value is -0.980. The molecule has 0 aromatic rings. The van der Waals surface area contributed by atoms with Crippen LogP contribution in [0.5, 0.6) is 0 Å². The van der Waals surface area contributed by atoms with Crippen LogP contribution in [0.4, 0.5) is 0 Å². The van der Waals surface area contributed by atoms with Crippen LogP contribution in [0, 0.1) is 5.92 Å². The Kier molecular flexibility index (Phi) is 6.07. The minimum atomic E-state index is -1.49. The maximum absolute atomic E-state index is 11.7. The van der Waals surface area contributed by atoms with Crippen molar-refractivity contribution in [3.63, 3.8) is 0 Å². The first-order valence-corrected chi connectivity index (χ1v) is 4.85. The predicted molar refractivity (Wildman–Crippen MR) is 59.7 cm³/mol. The highest BCUT2D eigenvalue weighted by Gasteiger charge is 2.37. The van der Waals surface area contributed by atoms with E-state index in [1.54, 1.807) is 21.1 Å². The molecular weight excluding hydrogens is 196 g/mol. The number of nitrogens with one attached hydrogen (secondary N) is 3. The topological polar surface area (TPSA) is 85.8 Å². The van der Waals surface area contributed by atoms with Crippen LogP contribution in [0.3, 0.4) is 0 Å². The van der Waals surface area contributed by atoms with Crippen LogP contribution in [-0.4, -0.2) is 50.8 Å². The van der Waals surface area contributed by atoms with Gasteiger partial charge in [-0.2, -0.15) is 0 Å². The number of rotatable bonds is 6. The molecular formula is C9H20N4O2. The Labute approximate surface area is 90.2 Å². The van der Waals surface area contributed by atoms with Crippen LogP contribution in [-0.2, 0) is 4.79 Å². The molecule has 0 fully saturated rings. The average molecular weight is 216 g/mol. The van der Waals surface area contributed by atoms with E-state index in [-0.39, 0.29) is 5.91 Å². The Balaban J connectivity index is 4.85. The van der Waals surface area contributed by atoms with E-state index in [1.807, 2.05) is 6.92 Å². The van der Waals surface area contributed by atoms with Crippen molar-refractivity contribution in [3.05, 3.63) is 0 Å². The largest absolute Gasteiger partial charge is 0.362 e. The zero-order chi connectivity index (χ0) is 11.9. The van der Waals surface area contributed by atoms with Gasteiger partial charge in [-0.15, -0.1) is 0 Å². The summed E-state index contributed by atoms with van der Waals surface area (Å²) in [7, 11) is 4.68. The normalized spacial score (nSPS) is 14.2. The number of amides is 1. The van der Waals surface area contributed by atoms with Crippen molar-refractivity contribution in [1.29, 1.82) is 0 Å². The van der Waals surface area contributed by atoms with Crippen molar-refractivity contribution in [2.45, 2.75) is 12.8 Å². The zero-order valence-electron chi connectivity index (χ0n) is 9.66. The summed E-state index contributed by atoms with van der Waals surface area (Å²) < 4.78 is 0. The standard InChI is InChI=1S/C9H20N4O2/c1-5-13-8(14)7(6-10-2)9(15,11-3)12-4/h6-7,11-12,15H,5H2,1-4H3,(H,13,14). The fourth-order valence-electron chi connectivity index (χ4n) is 1.23. The third-order valence-electron chi connectivity index (χ3n) is 2.14. The van der Waals surface area contributed by atoms with Crippen LogP contribution in [0.2, 0.25) is 0 Å². The van der Waals surface area contributed by atoms with Crippen LogP contribution < -0.4 is 16.0 Å². The maximum atomic E-state index is 11.7. The van der Waals surface area contributed by atoms with E-state index < -0.39 is 11.8 Å². The minimum Gasteiger partial charge on any atom is -0.362 e. The van der Waals surface area contributed by atoms with Gasteiger partial charge < -0.3 is 10.4 Å². The maximum Gasteiger partial charge on any atom is 0.234 e. The second kappa shape index (κ2) is 6.49. The average Bonchev–Trinajstić information content (AvgIpc) is 2.25. The van der Waals surface area contributed by atoms with Crippen molar-refractivity contribution < 1.29 is 9.90 Å². The molecule has 0 radical (unpaired) electrons. The molecule has 0 bridgehead atoms. The van der Waals surface area contributed by atoms with E-state index in [4.69, 9.17) is 0 Å². The number of nitrogens with zero attached hydrogens (tertiary/aromatic N) is 1. The van der Waals surface area contributed by atoms with Gasteiger partial charge in [-0.05, 0) is 21.0 Å². The molecule has 4 N–H and O–H groups in total. The second-order valence-electron chi connectivity index (χ2n) is 3.05. The Morgan fingerprint density at radius 2 is 2.07 bits per heavy atom. The lowest BCUT2D eigenvalue weighted by molar-refractivity contribution is -0.134. The first-order valence-electron chi connectivity index (χ1n) is 4.85. The van der Waals surface area contributed by atoms with Gasteiger partial charge in [0.1, 0.15) is 5.92 Å². The van der Waals surface area contributed by atoms with Gasteiger partial charge in [-0.25, -0.2) is 0 Å². The number of aliphatic imine (C=N–C) groups is 1. The number of aliphatic hydroxyl groups is 1. The van der Waals surface area contributed by atoms with E-state index in [9.17, 15) is 9.90 Å². The van der Waals surface area contributed by atoms with Gasteiger partial charge in [0, 0.05) is 19.8 Å². The zero-order valence-corrected chi connectivity index (χ0v) is 9.66. The monoisotopic (exact) mass is 216 g/mol. The van der Waals surface area contributed by atoms with Crippen LogP contribution in [0.15, 0.2) is 4.99 Å². The fourth-order valence-corrected chi connectivity index (χ4v) is 1.23. The Morgan fingerprint density at radius 1 is 1.53 bits per heavy atom. The van der Waals surface area contributed by atoms with E-state index >= 15 is 0 Å². The molecule has 0 heterocycles. The molecule has 0 aliphatic heterocycles. The SMILES string of the molecule is CCNC(=O)C(C=NC)C(O)(NC)NC. The van der Waals surface area contributed by atoms with Crippen molar-refractivity contribution in [3.8, 4) is 0 Å². The van der Waals surface area contributed by atoms with Gasteiger partial charge in [-0.1, -0.05) is 0 Å². The van der Waals surface area contributed by atoms with Crippen LogP contribution in [0.25, 0.3) is 0 Å². The highest BCUT2D eigenvalue weighted by atomic mass is 16.3. The summed E-state index contributed by atoms with van der Waals surface area (Å²) in [6.45, 7) is 2.33. The molecule has 0 aliphatic carbocycles. The molecule has 0 saturated heterocycles. The molecule has 0 aromatic carbocycles. The summed E-state index contributed by atoms with van der Waals surface area (Å²) in [6, 6.07) is 0. The van der Waals surface area contributed by atoms with Gasteiger partial charge in [0.25, 0.3) is 0 Å². The molecule has 6 heteroatoms. The molecule has 0 spiro atoms. The lowest BCUT2D eigenvalue weighted by Gasteiger charge is -2.32. The van der Waals surface area contributed by atoms with E-state index in [0.29, 0.717) is 6.54 Å².